The van der Waals surface area contributed by atoms with Crippen molar-refractivity contribution >= 4 is 27.9 Å². The minimum atomic E-state index is -1.20. The van der Waals surface area contributed by atoms with E-state index in [0.29, 0.717) is 17.5 Å². The number of hydrogen-bond acceptors (Lipinski definition) is 5. The summed E-state index contributed by atoms with van der Waals surface area (Å²) >= 11 is 0. The Labute approximate surface area is 235 Å². The van der Waals surface area contributed by atoms with Gasteiger partial charge in [0.15, 0.2) is 0 Å². The summed E-state index contributed by atoms with van der Waals surface area (Å²) in [5.74, 6) is 2.34. The molecule has 202 valence electrons. The molecular formula is C33H26FN5O2. The predicted octanol–water partition coefficient (Wildman–Crippen LogP) is 6.25. The molecule has 0 amide bonds. The van der Waals surface area contributed by atoms with Gasteiger partial charge in [0.1, 0.15) is 18.0 Å². The highest BCUT2D eigenvalue weighted by Gasteiger charge is 2.27. The number of nitrogens with zero attached hydrogens (tertiary/aromatic N) is 3. The zero-order valence-electron chi connectivity index (χ0n) is 22.3. The van der Waals surface area contributed by atoms with E-state index in [0.717, 1.165) is 44.2 Å². The molecule has 0 saturated heterocycles. The summed E-state index contributed by atoms with van der Waals surface area (Å²) in [6.07, 6.45) is 10.6. The molecule has 3 aromatic heterocycles. The minimum absolute atomic E-state index is 0.183. The molecule has 8 heteroatoms. The van der Waals surface area contributed by atoms with E-state index in [2.05, 4.69) is 21.0 Å². The number of carbonyl (C=O) groups is 1. The third-order valence-corrected chi connectivity index (χ3v) is 7.21. The number of H-pyrrole nitrogens is 1. The Balaban J connectivity index is 1.23. The molecule has 0 bridgehead atoms. The van der Waals surface area contributed by atoms with Crippen LogP contribution in [0.15, 0.2) is 91.4 Å². The molecule has 3 N–H and O–H groups in total. The summed E-state index contributed by atoms with van der Waals surface area (Å²) in [5, 5.41) is 6.02. The number of nitrogens with one attached hydrogen (secondary N) is 1. The smallest absolute Gasteiger partial charge is 0.435 e. The van der Waals surface area contributed by atoms with Gasteiger partial charge in [0.2, 0.25) is 0 Å². The summed E-state index contributed by atoms with van der Waals surface area (Å²) in [6.45, 7) is 1.54. The van der Waals surface area contributed by atoms with Gasteiger partial charge in [0.25, 0.3) is 0 Å². The van der Waals surface area contributed by atoms with Gasteiger partial charge in [0, 0.05) is 46.2 Å². The van der Waals surface area contributed by atoms with Crippen LogP contribution in [-0.4, -0.2) is 38.0 Å². The van der Waals surface area contributed by atoms with Crippen molar-refractivity contribution in [3.63, 3.8) is 0 Å². The van der Waals surface area contributed by atoms with Crippen LogP contribution >= 0.6 is 0 Å². The van der Waals surface area contributed by atoms with E-state index in [9.17, 15) is 9.18 Å². The number of ether oxygens (including phenoxy) is 1. The molecule has 7 nitrogen and oxygen atoms in total. The second kappa shape index (κ2) is 10.4. The summed E-state index contributed by atoms with van der Waals surface area (Å²) in [6, 6.07) is 22.2. The fourth-order valence-corrected chi connectivity index (χ4v) is 5.02. The summed E-state index contributed by atoms with van der Waals surface area (Å²) in [7, 11) is 0. The lowest BCUT2D eigenvalue weighted by molar-refractivity contribution is 0.128. The number of fused-ring (bicyclic) bond motifs is 2. The highest BCUT2D eigenvalue weighted by atomic mass is 19.1. The molecule has 0 aliphatic rings. The van der Waals surface area contributed by atoms with Crippen LogP contribution in [0.1, 0.15) is 11.1 Å². The molecule has 0 saturated carbocycles. The van der Waals surface area contributed by atoms with Crippen LogP contribution in [0.25, 0.3) is 44.2 Å². The van der Waals surface area contributed by atoms with Crippen molar-refractivity contribution in [3.8, 4) is 34.7 Å². The number of para-hydroxylation sites is 1. The molecule has 6 aromatic rings. The number of rotatable bonds is 6. The number of aromatic amines is 1. The van der Waals surface area contributed by atoms with Gasteiger partial charge in [-0.2, -0.15) is 9.78 Å². The highest BCUT2D eigenvalue weighted by molar-refractivity contribution is 5.92. The third kappa shape index (κ3) is 4.95. The first-order valence-corrected chi connectivity index (χ1v) is 13.0. The van der Waals surface area contributed by atoms with Gasteiger partial charge in [-0.3, -0.25) is 4.98 Å². The minimum Gasteiger partial charge on any atom is -0.445 e. The van der Waals surface area contributed by atoms with Crippen molar-refractivity contribution in [2.45, 2.75) is 18.9 Å². The number of carbonyl (C=O) groups excluding carboxylic acids is 1. The average Bonchev–Trinajstić information content (AvgIpc) is 3.61. The van der Waals surface area contributed by atoms with Crippen LogP contribution < -0.4 is 5.73 Å². The van der Waals surface area contributed by atoms with Crippen LogP contribution in [0, 0.1) is 25.1 Å². The van der Waals surface area contributed by atoms with E-state index in [1.54, 1.807) is 37.5 Å². The van der Waals surface area contributed by atoms with Crippen molar-refractivity contribution in [2.24, 2.45) is 5.73 Å². The number of terminal acetylenes is 1. The normalized spacial score (nSPS) is 12.7. The largest absolute Gasteiger partial charge is 0.445 e. The van der Waals surface area contributed by atoms with E-state index in [1.807, 2.05) is 54.7 Å². The molecule has 0 aliphatic heterocycles. The lowest BCUT2D eigenvalue weighted by atomic mass is 9.93. The molecule has 0 spiro atoms. The number of aryl methyl sites for hydroxylation is 1. The Morgan fingerprint density at radius 2 is 1.95 bits per heavy atom. The zero-order valence-corrected chi connectivity index (χ0v) is 22.3. The van der Waals surface area contributed by atoms with Crippen molar-refractivity contribution in [3.05, 3.63) is 108 Å². The Morgan fingerprint density at radius 3 is 2.78 bits per heavy atom. The number of pyridine rings is 1. The van der Waals surface area contributed by atoms with Gasteiger partial charge in [-0.05, 0) is 66.1 Å². The van der Waals surface area contributed by atoms with Gasteiger partial charge in [-0.15, -0.1) is 6.42 Å². The van der Waals surface area contributed by atoms with Gasteiger partial charge in [-0.25, -0.2) is 9.18 Å². The van der Waals surface area contributed by atoms with Crippen molar-refractivity contribution < 1.29 is 13.9 Å². The van der Waals surface area contributed by atoms with Crippen LogP contribution in [0.3, 0.4) is 0 Å². The number of hydrogen-bond donors (Lipinski definition) is 2. The molecule has 0 unspecified atom stereocenters. The number of benzene rings is 3. The van der Waals surface area contributed by atoms with Gasteiger partial charge in [-0.1, -0.05) is 36.3 Å². The Bertz CT molecular complexity index is 1970. The average molecular weight is 544 g/mol. The first kappa shape index (κ1) is 26.0. The van der Waals surface area contributed by atoms with Gasteiger partial charge >= 0.3 is 6.09 Å². The van der Waals surface area contributed by atoms with Crippen molar-refractivity contribution in [1.82, 2.24) is 19.7 Å². The van der Waals surface area contributed by atoms with Crippen LogP contribution in [0.2, 0.25) is 0 Å². The molecule has 3 heterocycles. The fraction of sp³-hybridized carbons (Fsp3) is 0.121. The maximum absolute atomic E-state index is 13.9. The molecule has 41 heavy (non-hydrogen) atoms. The molecule has 0 aliphatic carbocycles. The molecule has 6 rings (SSSR count). The second-order valence-corrected chi connectivity index (χ2v) is 10.1. The number of aromatic nitrogens is 4. The molecular weight excluding hydrogens is 517 g/mol. The fourth-order valence-electron chi connectivity index (χ4n) is 5.02. The van der Waals surface area contributed by atoms with Crippen LogP contribution in [0.5, 0.6) is 0 Å². The van der Waals surface area contributed by atoms with Crippen LogP contribution in [0.4, 0.5) is 9.18 Å². The molecule has 1 atom stereocenters. The van der Waals surface area contributed by atoms with E-state index >= 15 is 0 Å². The van der Waals surface area contributed by atoms with Gasteiger partial charge < -0.3 is 15.5 Å². The van der Waals surface area contributed by atoms with Crippen LogP contribution in [-0.2, 0) is 11.2 Å². The predicted molar refractivity (Wildman–Crippen MR) is 158 cm³/mol. The molecule has 3 aromatic carbocycles. The zero-order chi connectivity index (χ0) is 28.6. The Hall–Kier alpha value is -5.26. The van der Waals surface area contributed by atoms with Crippen molar-refractivity contribution in [1.29, 1.82) is 0 Å². The van der Waals surface area contributed by atoms with E-state index in [4.69, 9.17) is 16.9 Å². The van der Waals surface area contributed by atoms with E-state index in [1.165, 1.54) is 10.7 Å². The lowest BCUT2D eigenvalue weighted by Gasteiger charge is -2.22. The standard InChI is InChI=1S/C33H26FN5O2/c1-3-33(35,17-25-18-37-29-9-5-4-7-26(25)29)20-41-32(40)39-30-13-11-22(16-24(30)19-38-39)27-8-6-14-36-31(27)23-10-12-28(34)21(2)15-23/h1,4-16,18-19,37H,17,20,35H2,2H3/t33-/m1/s1. The highest BCUT2D eigenvalue weighted by Crippen LogP contribution is 2.33. The van der Waals surface area contributed by atoms with Gasteiger partial charge in [0.05, 0.1) is 17.4 Å². The maximum Gasteiger partial charge on any atom is 0.435 e. The lowest BCUT2D eigenvalue weighted by Crippen LogP contribution is -2.46. The summed E-state index contributed by atoms with van der Waals surface area (Å²) in [5.41, 5.74) is 11.6. The molecule has 0 fully saturated rings. The van der Waals surface area contributed by atoms with Crippen molar-refractivity contribution in [2.75, 3.05) is 6.61 Å². The summed E-state index contributed by atoms with van der Waals surface area (Å²) < 4.78 is 20.6. The molecule has 0 radical (unpaired) electrons. The Kier molecular flexibility index (Phi) is 6.58. The second-order valence-electron chi connectivity index (χ2n) is 10.1. The Morgan fingerprint density at radius 1 is 1.12 bits per heavy atom. The van der Waals surface area contributed by atoms with E-state index in [-0.39, 0.29) is 12.4 Å². The quantitative estimate of drug-likeness (QED) is 0.242. The summed E-state index contributed by atoms with van der Waals surface area (Å²) in [4.78, 5) is 20.8. The maximum atomic E-state index is 13.9. The first-order valence-electron chi connectivity index (χ1n) is 13.0. The number of halogens is 1. The third-order valence-electron chi connectivity index (χ3n) is 7.21. The SMILES string of the molecule is C#C[C@](N)(COC(=O)n1ncc2cc(-c3cccnc3-c3ccc(F)c(C)c3)ccc21)Cc1c[nH]c2ccccc12. The van der Waals surface area contributed by atoms with E-state index < -0.39 is 11.6 Å². The number of nitrogens with two attached hydrogens (primary N) is 1. The monoisotopic (exact) mass is 543 g/mol. The topological polar surface area (TPSA) is 98.8 Å². The first-order chi connectivity index (χ1) is 19.8.